The smallest absolute Gasteiger partial charge is 0.00790 e. The van der Waals surface area contributed by atoms with Gasteiger partial charge in [-0.15, -0.1) is 0 Å². The van der Waals surface area contributed by atoms with E-state index in [0.717, 1.165) is 51.3 Å². The first-order chi connectivity index (χ1) is 36.8. The van der Waals surface area contributed by atoms with Crippen molar-refractivity contribution in [1.29, 1.82) is 0 Å². The number of alkyl halides is 2. The van der Waals surface area contributed by atoms with Crippen molar-refractivity contribution in [3.05, 3.63) is 184 Å². The third-order valence-corrected chi connectivity index (χ3v) is 29.9. The number of Topliss-reactive ketones (excluding diaryl/α,β-unsaturated/α-hetero) is 2. The molecule has 6 aromatic carbocycles. The summed E-state index contributed by atoms with van der Waals surface area (Å²) in [5.74, 6) is 1.46. The second kappa shape index (κ2) is 23.9. The molecule has 2 unspecified atom stereocenters. The Morgan fingerprint density at radius 2 is 0.873 bits per heavy atom. The molecule has 0 N–H and O–H groups in total. The molecule has 0 amide bonds. The Hall–Kier alpha value is -6.07. The Balaban J connectivity index is 1.18. The molecule has 0 saturated carbocycles. The van der Waals surface area contributed by atoms with Gasteiger partial charge < -0.3 is 9.47 Å². The maximum absolute atomic E-state index is 14.8. The molecule has 6 aromatic rings. The standard InChI is InChI=1S/C70H88IO8/c1-21-67(15,16)78-60-36-32-55(40-47(60)9)68(17,18)54-31-35-58(46(8)39-54)76-64(74)51-29-27-50(28-30-51)63(73)69(19,22-2)70(20,23-3)79-61-38-34-57(42-49(61)11)71(44(4)5,45(6)7)56-33-37-59(48(10)41-56)77-65(75)53-26-24-25-52(43-53)62(72)66(12,13)14/h24-45H,21-23H2,1-20H3/q-1. The number of rotatable bonds is 21. The number of esters is 2. The van der Waals surface area contributed by atoms with Crippen LogP contribution in [0.4, 0.5) is 0 Å². The molecular formula is C70H88IO8-. The summed E-state index contributed by atoms with van der Waals surface area (Å²) >= 11 is -3.13. The molecule has 0 aliphatic rings. The van der Waals surface area contributed by atoms with Gasteiger partial charge in [-0.05, 0) is 68.5 Å². The van der Waals surface area contributed by atoms with Crippen LogP contribution in [0.2, 0.25) is 0 Å². The van der Waals surface area contributed by atoms with Crippen molar-refractivity contribution in [2.75, 3.05) is 0 Å². The van der Waals surface area contributed by atoms with E-state index in [0.29, 0.717) is 54.4 Å². The van der Waals surface area contributed by atoms with Gasteiger partial charge in [0.2, 0.25) is 0 Å². The van der Waals surface area contributed by atoms with Gasteiger partial charge in [-0.1, -0.05) is 45.0 Å². The molecule has 0 radical (unpaired) electrons. The second-order valence-electron chi connectivity index (χ2n) is 24.5. The van der Waals surface area contributed by atoms with Crippen LogP contribution in [0.1, 0.15) is 205 Å². The first kappa shape index (κ1) is 62.1. The minimum Gasteiger partial charge on any atom is -0.0515 e. The van der Waals surface area contributed by atoms with Gasteiger partial charge in [0.05, 0.1) is 0 Å². The van der Waals surface area contributed by atoms with Gasteiger partial charge in [-0.3, -0.25) is 0 Å². The van der Waals surface area contributed by atoms with Crippen molar-refractivity contribution < 1.29 is 56.6 Å². The maximum Gasteiger partial charge on any atom is -0.00790 e. The van der Waals surface area contributed by atoms with Crippen LogP contribution >= 0.6 is 0 Å². The largest absolute Gasteiger partial charge is 0.0515 e. The summed E-state index contributed by atoms with van der Waals surface area (Å²) in [6, 6.07) is 38.8. The van der Waals surface area contributed by atoms with E-state index in [1.54, 1.807) is 48.5 Å². The second-order valence-corrected chi connectivity index (χ2v) is 35.7. The molecule has 0 spiro atoms. The van der Waals surface area contributed by atoms with Crippen molar-refractivity contribution in [2.24, 2.45) is 10.8 Å². The maximum atomic E-state index is 14.8. The zero-order valence-electron chi connectivity index (χ0n) is 51.0. The fraction of sp³-hybridized carbons (Fsp3) is 0.429. The van der Waals surface area contributed by atoms with E-state index in [9.17, 15) is 19.2 Å². The summed E-state index contributed by atoms with van der Waals surface area (Å²) in [5.41, 5.74) is 4.69. The van der Waals surface area contributed by atoms with Crippen LogP contribution in [-0.2, 0) is 5.41 Å². The molecule has 0 saturated heterocycles. The van der Waals surface area contributed by atoms with Crippen molar-refractivity contribution in [1.82, 2.24) is 0 Å². The normalized spacial score (nSPS) is 14.1. The number of ketones is 2. The van der Waals surface area contributed by atoms with E-state index in [1.165, 1.54) is 7.14 Å². The van der Waals surface area contributed by atoms with Crippen molar-refractivity contribution in [3.8, 4) is 23.0 Å². The fourth-order valence-corrected chi connectivity index (χ4v) is 23.4. The Kier molecular flexibility index (Phi) is 18.8. The number of halogens is 1. The van der Waals surface area contributed by atoms with Crippen LogP contribution in [0.5, 0.6) is 23.0 Å². The monoisotopic (exact) mass is 1180 g/mol. The Bertz CT molecular complexity index is 3220. The van der Waals surface area contributed by atoms with Crippen molar-refractivity contribution in [3.63, 3.8) is 0 Å². The molecule has 0 fully saturated rings. The van der Waals surface area contributed by atoms with Crippen LogP contribution in [0.15, 0.2) is 121 Å². The molecule has 0 aliphatic carbocycles. The molecule has 2 atom stereocenters. The van der Waals surface area contributed by atoms with Gasteiger partial charge in [0, 0.05) is 5.41 Å². The van der Waals surface area contributed by atoms with Gasteiger partial charge in [0.15, 0.2) is 0 Å². The summed E-state index contributed by atoms with van der Waals surface area (Å²) in [5, 5.41) is 0. The molecule has 9 heteroatoms. The zero-order valence-corrected chi connectivity index (χ0v) is 53.1. The quantitative estimate of drug-likeness (QED) is 0.0231. The number of benzene rings is 6. The topological polar surface area (TPSA) is 105 Å². The van der Waals surface area contributed by atoms with Gasteiger partial charge in [0.1, 0.15) is 17.1 Å². The molecule has 424 valence electrons. The first-order valence-corrected chi connectivity index (χ1v) is 32.7. The molecular weight excluding hydrogens is 1100 g/mol. The number of hydrogen-bond donors (Lipinski definition) is 0. The number of hydrogen-bond acceptors (Lipinski definition) is 8. The predicted octanol–water partition coefficient (Wildman–Crippen LogP) is 14.3. The van der Waals surface area contributed by atoms with E-state index in [2.05, 4.69) is 138 Å². The molecule has 0 aliphatic heterocycles. The molecule has 0 aromatic heterocycles. The number of aryl methyl sites for hydroxylation is 4. The van der Waals surface area contributed by atoms with Crippen LogP contribution in [0, 0.1) is 45.7 Å². The van der Waals surface area contributed by atoms with Crippen LogP contribution in [-0.4, -0.2) is 42.6 Å². The van der Waals surface area contributed by atoms with E-state index >= 15 is 0 Å². The number of ether oxygens (including phenoxy) is 4. The van der Waals surface area contributed by atoms with Crippen LogP contribution < -0.4 is 37.4 Å². The van der Waals surface area contributed by atoms with E-state index in [1.807, 2.05) is 73.6 Å². The summed E-state index contributed by atoms with van der Waals surface area (Å²) in [6.07, 6.45) is 1.99. The van der Waals surface area contributed by atoms with Gasteiger partial charge in [-0.2, -0.15) is 0 Å². The van der Waals surface area contributed by atoms with Crippen molar-refractivity contribution in [2.45, 2.75) is 182 Å². The summed E-state index contributed by atoms with van der Waals surface area (Å²) in [6.45, 7) is 41.8. The Morgan fingerprint density at radius 1 is 0.443 bits per heavy atom. The molecule has 6 rings (SSSR count). The minimum absolute atomic E-state index is 0.0393. The van der Waals surface area contributed by atoms with E-state index in [4.69, 9.17) is 18.9 Å². The average molecular weight is 1180 g/mol. The Labute approximate surface area is 477 Å². The van der Waals surface area contributed by atoms with Gasteiger partial charge >= 0.3 is 330 Å². The number of carbonyl (C=O) groups is 4. The zero-order chi connectivity index (χ0) is 58.8. The third-order valence-electron chi connectivity index (χ3n) is 16.6. The predicted molar refractivity (Wildman–Crippen MR) is 318 cm³/mol. The summed E-state index contributed by atoms with van der Waals surface area (Å²) in [7, 11) is 0. The summed E-state index contributed by atoms with van der Waals surface area (Å²) < 4.78 is 28.7. The van der Waals surface area contributed by atoms with Crippen LogP contribution in [0.3, 0.4) is 0 Å². The van der Waals surface area contributed by atoms with Gasteiger partial charge in [-0.25, -0.2) is 4.79 Å². The molecule has 0 heterocycles. The number of carbonyl (C=O) groups excluding carboxylic acids is 4. The molecule has 0 bridgehead atoms. The summed E-state index contributed by atoms with van der Waals surface area (Å²) in [4.78, 5) is 55.0. The minimum atomic E-state index is -3.13. The van der Waals surface area contributed by atoms with E-state index < -0.39 is 46.8 Å². The molecule has 8 nitrogen and oxygen atoms in total. The SMILES string of the molecule is CCC(C)(C)Oc1ccc(C(C)(C)c2ccc(OC(=O)c3ccc(C(=O)C(C)(CC)C(C)(CC)Oc4ccc([I-](c5ccc(OC(=O)c6cccc(C(=O)C(C)(C)C)c6)c(C)c5)(C(C)C)C(C)C)cc4C)cc3)c(C)c2)cc1C. The van der Waals surface area contributed by atoms with Crippen LogP contribution in [0.25, 0.3) is 0 Å². The van der Waals surface area contributed by atoms with Crippen molar-refractivity contribution >= 4 is 23.5 Å². The Morgan fingerprint density at radius 3 is 1.32 bits per heavy atom. The fourth-order valence-electron chi connectivity index (χ4n) is 10.5. The molecule has 79 heavy (non-hydrogen) atoms. The third kappa shape index (κ3) is 12.8. The van der Waals surface area contributed by atoms with Gasteiger partial charge in [0.25, 0.3) is 0 Å². The average Bonchev–Trinajstić information content (AvgIpc) is 3.51. The first-order valence-electron chi connectivity index (χ1n) is 28.1. The van der Waals surface area contributed by atoms with E-state index in [-0.39, 0.29) is 22.6 Å².